The number of sulfone groups is 1. The number of nitriles is 1. The second-order valence-corrected chi connectivity index (χ2v) is 6.85. The molecule has 0 aliphatic heterocycles. The standard InChI is InChI=1S/C17H13F2NO3S/c1-23-15-6-2-12(3-7-15)11-24(21,22)16(10-20)8-13-4-5-14(18)9-17(13)19/h2-9H,11H2,1H3/b16-8-. The van der Waals surface area contributed by atoms with Crippen LogP contribution in [-0.4, -0.2) is 15.5 Å². The third kappa shape index (κ3) is 4.18. The Hall–Kier alpha value is -2.72. The highest BCUT2D eigenvalue weighted by atomic mass is 32.2. The van der Waals surface area contributed by atoms with Crippen molar-refractivity contribution in [2.45, 2.75) is 5.75 Å². The maximum Gasteiger partial charge on any atom is 0.192 e. The lowest BCUT2D eigenvalue weighted by Gasteiger charge is -2.05. The Balaban J connectivity index is 2.33. The first kappa shape index (κ1) is 17.6. The molecule has 0 spiro atoms. The molecule has 4 nitrogen and oxygen atoms in total. The van der Waals surface area contributed by atoms with Crippen molar-refractivity contribution >= 4 is 15.9 Å². The van der Waals surface area contributed by atoms with Gasteiger partial charge < -0.3 is 4.74 Å². The number of rotatable bonds is 5. The van der Waals surface area contributed by atoms with Crippen LogP contribution < -0.4 is 4.74 Å². The molecule has 0 aliphatic rings. The molecule has 0 bridgehead atoms. The molecule has 7 heteroatoms. The van der Waals surface area contributed by atoms with Gasteiger partial charge in [0.15, 0.2) is 9.84 Å². The molecule has 2 aromatic carbocycles. The maximum atomic E-state index is 13.6. The number of benzene rings is 2. The summed E-state index contributed by atoms with van der Waals surface area (Å²) in [7, 11) is -2.49. The van der Waals surface area contributed by atoms with Crippen molar-refractivity contribution in [2.75, 3.05) is 7.11 Å². The summed E-state index contributed by atoms with van der Waals surface area (Å²) in [4.78, 5) is -0.594. The van der Waals surface area contributed by atoms with Crippen LogP contribution in [0.15, 0.2) is 47.4 Å². The Labute approximate surface area is 138 Å². The molecule has 2 rings (SSSR count). The van der Waals surface area contributed by atoms with Gasteiger partial charge in [0, 0.05) is 11.6 Å². The van der Waals surface area contributed by atoms with Crippen molar-refractivity contribution in [2.24, 2.45) is 0 Å². The Morgan fingerprint density at radius 3 is 2.42 bits per heavy atom. The van der Waals surface area contributed by atoms with Crippen LogP contribution in [0.5, 0.6) is 5.75 Å². The topological polar surface area (TPSA) is 67.2 Å². The quantitative estimate of drug-likeness (QED) is 0.776. The summed E-state index contributed by atoms with van der Waals surface area (Å²) in [6, 6.07) is 10.6. The molecule has 0 unspecified atom stereocenters. The van der Waals surface area contributed by atoms with E-state index in [2.05, 4.69) is 0 Å². The van der Waals surface area contributed by atoms with E-state index in [4.69, 9.17) is 10.00 Å². The lowest BCUT2D eigenvalue weighted by Crippen LogP contribution is -2.06. The van der Waals surface area contributed by atoms with Crippen molar-refractivity contribution in [3.05, 3.63) is 70.1 Å². The van der Waals surface area contributed by atoms with E-state index in [0.29, 0.717) is 17.4 Å². The molecule has 0 N–H and O–H groups in total. The molecule has 0 aliphatic carbocycles. The van der Waals surface area contributed by atoms with Crippen molar-refractivity contribution in [3.63, 3.8) is 0 Å². The van der Waals surface area contributed by atoms with E-state index >= 15 is 0 Å². The average Bonchev–Trinajstić information content (AvgIpc) is 2.54. The summed E-state index contributed by atoms with van der Waals surface area (Å²) >= 11 is 0. The molecule has 0 heterocycles. The Bertz CT molecular complexity index is 914. The molecule has 0 fully saturated rings. The number of hydrogen-bond donors (Lipinski definition) is 0. The summed E-state index contributed by atoms with van der Waals surface area (Å²) in [6.45, 7) is 0. The van der Waals surface area contributed by atoms with Crippen LogP contribution in [0, 0.1) is 23.0 Å². The van der Waals surface area contributed by atoms with Crippen LogP contribution >= 0.6 is 0 Å². The van der Waals surface area contributed by atoms with Gasteiger partial charge in [-0.2, -0.15) is 5.26 Å². The summed E-state index contributed by atoms with van der Waals surface area (Å²) in [5, 5.41) is 9.11. The number of hydrogen-bond acceptors (Lipinski definition) is 4. The number of ether oxygens (including phenoxy) is 1. The zero-order valence-corrected chi connectivity index (χ0v) is 13.5. The minimum absolute atomic E-state index is 0.175. The fourth-order valence-electron chi connectivity index (χ4n) is 1.97. The minimum atomic E-state index is -3.97. The first-order valence-corrected chi connectivity index (χ1v) is 8.43. The van der Waals surface area contributed by atoms with Crippen LogP contribution in [0.4, 0.5) is 8.78 Å². The number of halogens is 2. The molecule has 0 saturated heterocycles. The van der Waals surface area contributed by atoms with E-state index in [1.807, 2.05) is 0 Å². The van der Waals surface area contributed by atoms with Crippen molar-refractivity contribution in [3.8, 4) is 11.8 Å². The van der Waals surface area contributed by atoms with Gasteiger partial charge in [0.25, 0.3) is 0 Å². The highest BCUT2D eigenvalue weighted by Crippen LogP contribution is 2.21. The van der Waals surface area contributed by atoms with E-state index in [0.717, 1.165) is 18.2 Å². The third-order valence-electron chi connectivity index (χ3n) is 3.21. The molecule has 0 amide bonds. The SMILES string of the molecule is COc1ccc(CS(=O)(=O)/C(C#N)=C\c2ccc(F)cc2F)cc1. The molecule has 0 aromatic heterocycles. The van der Waals surface area contributed by atoms with Crippen molar-refractivity contribution < 1.29 is 21.9 Å². The predicted octanol–water partition coefficient (Wildman–Crippen LogP) is 3.45. The molecule has 0 atom stereocenters. The van der Waals surface area contributed by atoms with Crippen molar-refractivity contribution in [1.29, 1.82) is 5.26 Å². The fraction of sp³-hybridized carbons (Fsp3) is 0.118. The maximum absolute atomic E-state index is 13.6. The molecule has 24 heavy (non-hydrogen) atoms. The van der Waals surface area contributed by atoms with E-state index in [-0.39, 0.29) is 5.56 Å². The Kier molecular flexibility index (Phi) is 5.31. The third-order valence-corrected chi connectivity index (χ3v) is 4.80. The number of nitrogens with zero attached hydrogens (tertiary/aromatic N) is 1. The zero-order chi connectivity index (χ0) is 17.7. The first-order valence-electron chi connectivity index (χ1n) is 6.78. The number of methoxy groups -OCH3 is 1. The van der Waals surface area contributed by atoms with E-state index < -0.39 is 32.1 Å². The second kappa shape index (κ2) is 7.23. The second-order valence-electron chi connectivity index (χ2n) is 4.89. The van der Waals surface area contributed by atoms with Crippen LogP contribution in [0.1, 0.15) is 11.1 Å². The molecule has 124 valence electrons. The van der Waals surface area contributed by atoms with Crippen LogP contribution in [0.2, 0.25) is 0 Å². The van der Waals surface area contributed by atoms with Crippen LogP contribution in [0.25, 0.3) is 6.08 Å². The smallest absolute Gasteiger partial charge is 0.192 e. The van der Waals surface area contributed by atoms with Gasteiger partial charge >= 0.3 is 0 Å². The van der Waals surface area contributed by atoms with Gasteiger partial charge in [0.1, 0.15) is 28.4 Å². The van der Waals surface area contributed by atoms with E-state index in [1.165, 1.54) is 7.11 Å². The average molecular weight is 349 g/mol. The lowest BCUT2D eigenvalue weighted by atomic mass is 10.2. The molecule has 0 radical (unpaired) electrons. The van der Waals surface area contributed by atoms with Crippen molar-refractivity contribution in [1.82, 2.24) is 0 Å². The lowest BCUT2D eigenvalue weighted by molar-refractivity contribution is 0.414. The summed E-state index contributed by atoms with van der Waals surface area (Å²) in [5.41, 5.74) is 0.280. The Morgan fingerprint density at radius 2 is 1.88 bits per heavy atom. The Morgan fingerprint density at radius 1 is 1.21 bits per heavy atom. The highest BCUT2D eigenvalue weighted by Gasteiger charge is 2.19. The van der Waals surface area contributed by atoms with Gasteiger partial charge in [0.2, 0.25) is 0 Å². The van der Waals surface area contributed by atoms with Gasteiger partial charge in [-0.15, -0.1) is 0 Å². The monoisotopic (exact) mass is 349 g/mol. The normalized spacial score (nSPS) is 11.8. The summed E-state index contributed by atoms with van der Waals surface area (Å²) < 4.78 is 56.2. The van der Waals surface area contributed by atoms with Gasteiger partial charge in [-0.3, -0.25) is 0 Å². The highest BCUT2D eigenvalue weighted by molar-refractivity contribution is 7.95. The number of allylic oxidation sites excluding steroid dienone is 1. The molecular weight excluding hydrogens is 336 g/mol. The van der Waals surface area contributed by atoms with Gasteiger partial charge in [-0.05, 0) is 35.9 Å². The summed E-state index contributed by atoms with van der Waals surface area (Å²) in [6.07, 6.45) is 0.896. The first-order chi connectivity index (χ1) is 11.4. The molecular formula is C17H13F2NO3S. The van der Waals surface area contributed by atoms with Crippen LogP contribution in [-0.2, 0) is 15.6 Å². The van der Waals surface area contributed by atoms with E-state index in [1.54, 1.807) is 30.3 Å². The van der Waals surface area contributed by atoms with E-state index in [9.17, 15) is 17.2 Å². The zero-order valence-electron chi connectivity index (χ0n) is 12.7. The minimum Gasteiger partial charge on any atom is -0.497 e. The van der Waals surface area contributed by atoms with Gasteiger partial charge in [-0.1, -0.05) is 12.1 Å². The van der Waals surface area contributed by atoms with Crippen LogP contribution in [0.3, 0.4) is 0 Å². The molecule has 2 aromatic rings. The van der Waals surface area contributed by atoms with Gasteiger partial charge in [0.05, 0.1) is 12.9 Å². The largest absolute Gasteiger partial charge is 0.497 e. The molecule has 0 saturated carbocycles. The summed E-state index contributed by atoms with van der Waals surface area (Å²) in [5.74, 6) is -1.58. The van der Waals surface area contributed by atoms with Gasteiger partial charge in [-0.25, -0.2) is 17.2 Å². The predicted molar refractivity (Wildman–Crippen MR) is 85.6 cm³/mol. The fourth-order valence-corrected chi connectivity index (χ4v) is 3.20.